The first-order valence-electron chi connectivity index (χ1n) is 8.86. The van der Waals surface area contributed by atoms with Crippen molar-refractivity contribution in [2.24, 2.45) is 5.92 Å². The molecule has 1 aliphatic heterocycles. The maximum atomic E-state index is 3.55. The highest BCUT2D eigenvalue weighted by atomic mass is 15.1. The van der Waals surface area contributed by atoms with Gasteiger partial charge in [0.05, 0.1) is 0 Å². The summed E-state index contributed by atoms with van der Waals surface area (Å²) < 4.78 is 0. The van der Waals surface area contributed by atoms with E-state index in [9.17, 15) is 0 Å². The molecule has 118 valence electrons. The summed E-state index contributed by atoms with van der Waals surface area (Å²) in [6, 6.07) is 9.75. The average Bonchev–Trinajstić information content (AvgIpc) is 2.54. The predicted molar refractivity (Wildman–Crippen MR) is 93.0 cm³/mol. The van der Waals surface area contributed by atoms with Gasteiger partial charge in [-0.25, -0.2) is 0 Å². The van der Waals surface area contributed by atoms with Crippen molar-refractivity contribution in [1.82, 2.24) is 5.32 Å². The van der Waals surface area contributed by atoms with Crippen molar-refractivity contribution in [2.75, 3.05) is 24.5 Å². The molecule has 2 rings (SSSR count). The smallest absolute Gasteiger partial charge is 0.0366 e. The minimum atomic E-state index is 0.499. The third-order valence-electron chi connectivity index (χ3n) is 4.83. The normalized spacial score (nSPS) is 18.0. The fraction of sp³-hybridized carbons (Fsp3) is 0.684. The molecule has 2 heteroatoms. The Kier molecular flexibility index (Phi) is 6.56. The zero-order chi connectivity index (χ0) is 15.1. The molecular weight excluding hydrogens is 256 g/mol. The number of nitrogens with zero attached hydrogens (tertiary/aromatic N) is 1. The lowest BCUT2D eigenvalue weighted by atomic mass is 9.92. The summed E-state index contributed by atoms with van der Waals surface area (Å²) in [5.74, 6) is 0.962. The summed E-state index contributed by atoms with van der Waals surface area (Å²) in [7, 11) is 0. The van der Waals surface area contributed by atoms with Gasteiger partial charge in [0.2, 0.25) is 0 Å². The Morgan fingerprint density at radius 1 is 1.10 bits per heavy atom. The fourth-order valence-corrected chi connectivity index (χ4v) is 3.55. The molecule has 0 aromatic heterocycles. The maximum absolute atomic E-state index is 3.55. The van der Waals surface area contributed by atoms with Crippen LogP contribution in [-0.4, -0.2) is 19.6 Å². The molecule has 1 atom stereocenters. The maximum Gasteiger partial charge on any atom is 0.0366 e. The van der Waals surface area contributed by atoms with E-state index in [0.717, 1.165) is 18.9 Å². The van der Waals surface area contributed by atoms with Gasteiger partial charge in [-0.05, 0) is 49.4 Å². The quantitative estimate of drug-likeness (QED) is 0.778. The van der Waals surface area contributed by atoms with Crippen molar-refractivity contribution in [3.63, 3.8) is 0 Å². The SMILES string of the molecule is CCCC1CCN(c2ccc(C(CC)NCC)cc2)CC1. The summed E-state index contributed by atoms with van der Waals surface area (Å²) in [6.07, 6.45) is 6.63. The van der Waals surface area contributed by atoms with E-state index in [4.69, 9.17) is 0 Å². The highest BCUT2D eigenvalue weighted by Gasteiger charge is 2.18. The van der Waals surface area contributed by atoms with Gasteiger partial charge in [-0.15, -0.1) is 0 Å². The largest absolute Gasteiger partial charge is 0.372 e. The number of benzene rings is 1. The molecule has 0 bridgehead atoms. The van der Waals surface area contributed by atoms with E-state index < -0.39 is 0 Å². The molecule has 1 aromatic rings. The molecule has 1 saturated heterocycles. The molecule has 0 radical (unpaired) electrons. The monoisotopic (exact) mass is 288 g/mol. The molecule has 0 amide bonds. The minimum absolute atomic E-state index is 0.499. The van der Waals surface area contributed by atoms with Crippen LogP contribution in [0.5, 0.6) is 0 Å². The first-order chi connectivity index (χ1) is 10.3. The number of nitrogens with one attached hydrogen (secondary N) is 1. The highest BCUT2D eigenvalue weighted by molar-refractivity contribution is 5.48. The van der Waals surface area contributed by atoms with Crippen LogP contribution in [-0.2, 0) is 0 Å². The molecule has 1 aliphatic rings. The summed E-state index contributed by atoms with van der Waals surface area (Å²) >= 11 is 0. The van der Waals surface area contributed by atoms with E-state index in [0.29, 0.717) is 6.04 Å². The van der Waals surface area contributed by atoms with Gasteiger partial charge in [0, 0.05) is 24.8 Å². The Balaban J connectivity index is 1.93. The van der Waals surface area contributed by atoms with E-state index in [-0.39, 0.29) is 0 Å². The van der Waals surface area contributed by atoms with Gasteiger partial charge >= 0.3 is 0 Å². The van der Waals surface area contributed by atoms with Crippen LogP contribution in [0.2, 0.25) is 0 Å². The lowest BCUT2D eigenvalue weighted by Crippen LogP contribution is -2.33. The fourth-order valence-electron chi connectivity index (χ4n) is 3.55. The lowest BCUT2D eigenvalue weighted by Gasteiger charge is -2.33. The summed E-state index contributed by atoms with van der Waals surface area (Å²) in [4.78, 5) is 2.56. The highest BCUT2D eigenvalue weighted by Crippen LogP contribution is 2.27. The third-order valence-corrected chi connectivity index (χ3v) is 4.83. The third kappa shape index (κ3) is 4.47. The zero-order valence-corrected chi connectivity index (χ0v) is 14.1. The van der Waals surface area contributed by atoms with Crippen molar-refractivity contribution < 1.29 is 0 Å². The number of hydrogen-bond acceptors (Lipinski definition) is 2. The van der Waals surface area contributed by atoms with Gasteiger partial charge < -0.3 is 10.2 Å². The molecule has 0 saturated carbocycles. The first-order valence-corrected chi connectivity index (χ1v) is 8.86. The van der Waals surface area contributed by atoms with Gasteiger partial charge in [0.1, 0.15) is 0 Å². The Hall–Kier alpha value is -1.02. The van der Waals surface area contributed by atoms with Crippen LogP contribution in [0, 0.1) is 5.92 Å². The van der Waals surface area contributed by atoms with Crippen LogP contribution < -0.4 is 10.2 Å². The molecule has 2 nitrogen and oxygen atoms in total. The minimum Gasteiger partial charge on any atom is -0.372 e. The number of rotatable bonds is 7. The van der Waals surface area contributed by atoms with Crippen LogP contribution >= 0.6 is 0 Å². The number of anilines is 1. The van der Waals surface area contributed by atoms with E-state index in [1.54, 1.807) is 0 Å². The number of hydrogen-bond donors (Lipinski definition) is 1. The number of piperidine rings is 1. The summed E-state index contributed by atoms with van der Waals surface area (Å²) in [5.41, 5.74) is 2.82. The Morgan fingerprint density at radius 2 is 1.76 bits per heavy atom. The molecule has 1 N–H and O–H groups in total. The van der Waals surface area contributed by atoms with Crippen LogP contribution in [0.15, 0.2) is 24.3 Å². The lowest BCUT2D eigenvalue weighted by molar-refractivity contribution is 0.378. The molecule has 1 unspecified atom stereocenters. The molecule has 21 heavy (non-hydrogen) atoms. The van der Waals surface area contributed by atoms with E-state index in [1.807, 2.05) is 0 Å². The van der Waals surface area contributed by atoms with Gasteiger partial charge in [-0.3, -0.25) is 0 Å². The van der Waals surface area contributed by atoms with Crippen LogP contribution in [0.1, 0.15) is 64.5 Å². The van der Waals surface area contributed by atoms with Crippen molar-refractivity contribution in [2.45, 2.75) is 58.9 Å². The van der Waals surface area contributed by atoms with Gasteiger partial charge in [0.25, 0.3) is 0 Å². The molecular formula is C19H32N2. The standard InChI is InChI=1S/C19H32N2/c1-4-7-16-12-14-21(15-13-16)18-10-8-17(9-11-18)19(5-2)20-6-3/h8-11,16,19-20H,4-7,12-15H2,1-3H3. The second-order valence-electron chi connectivity index (χ2n) is 6.33. The van der Waals surface area contributed by atoms with Crippen LogP contribution in [0.25, 0.3) is 0 Å². The zero-order valence-electron chi connectivity index (χ0n) is 14.1. The van der Waals surface area contributed by atoms with Crippen molar-refractivity contribution >= 4 is 5.69 Å². The summed E-state index contributed by atoms with van der Waals surface area (Å²) in [5, 5.41) is 3.55. The van der Waals surface area contributed by atoms with Gasteiger partial charge in [-0.2, -0.15) is 0 Å². The molecule has 1 fully saturated rings. The Morgan fingerprint density at radius 3 is 2.29 bits per heavy atom. The second kappa shape index (κ2) is 8.43. The van der Waals surface area contributed by atoms with E-state index in [1.165, 1.54) is 50.0 Å². The predicted octanol–water partition coefficient (Wildman–Crippen LogP) is 4.76. The van der Waals surface area contributed by atoms with Gasteiger partial charge in [-0.1, -0.05) is 45.7 Å². The second-order valence-corrected chi connectivity index (χ2v) is 6.33. The molecule has 0 aliphatic carbocycles. The van der Waals surface area contributed by atoms with Crippen molar-refractivity contribution in [3.05, 3.63) is 29.8 Å². The van der Waals surface area contributed by atoms with Crippen molar-refractivity contribution in [3.8, 4) is 0 Å². The average molecular weight is 288 g/mol. The van der Waals surface area contributed by atoms with E-state index >= 15 is 0 Å². The first kappa shape index (κ1) is 16.4. The van der Waals surface area contributed by atoms with Crippen LogP contribution in [0.4, 0.5) is 5.69 Å². The molecule has 1 aromatic carbocycles. The summed E-state index contributed by atoms with van der Waals surface area (Å²) in [6.45, 7) is 10.2. The van der Waals surface area contributed by atoms with Crippen LogP contribution in [0.3, 0.4) is 0 Å². The topological polar surface area (TPSA) is 15.3 Å². The Labute approximate surface area is 130 Å². The van der Waals surface area contributed by atoms with Gasteiger partial charge in [0.15, 0.2) is 0 Å². The molecule has 1 heterocycles. The Bertz CT molecular complexity index is 391. The molecule has 0 spiro atoms. The van der Waals surface area contributed by atoms with E-state index in [2.05, 4.69) is 55.3 Å². The van der Waals surface area contributed by atoms with Crippen molar-refractivity contribution in [1.29, 1.82) is 0 Å².